The van der Waals surface area contributed by atoms with Gasteiger partial charge in [0, 0.05) is 12.2 Å². The van der Waals surface area contributed by atoms with Crippen molar-refractivity contribution in [2.75, 3.05) is 31.3 Å². The maximum atomic E-state index is 12.0. The first-order valence-corrected chi connectivity index (χ1v) is 9.41. The predicted octanol–water partition coefficient (Wildman–Crippen LogP) is 3.63. The van der Waals surface area contributed by atoms with Crippen LogP contribution >= 0.6 is 11.8 Å². The minimum atomic E-state index is -0.232. The molecule has 4 nitrogen and oxygen atoms in total. The highest BCUT2D eigenvalue weighted by molar-refractivity contribution is 7.99. The molecule has 0 aliphatic carbocycles. The van der Waals surface area contributed by atoms with Crippen LogP contribution in [0, 0.1) is 5.92 Å². The first-order valence-electron chi connectivity index (χ1n) is 8.25. The Morgan fingerprint density at radius 2 is 1.90 bits per heavy atom. The van der Waals surface area contributed by atoms with E-state index in [9.17, 15) is 4.79 Å². The zero-order chi connectivity index (χ0) is 15.3. The molecule has 0 amide bonds. The van der Waals surface area contributed by atoms with Crippen LogP contribution in [0.1, 0.15) is 52.4 Å². The summed E-state index contributed by atoms with van der Waals surface area (Å²) in [5.41, 5.74) is 0. The average molecular weight is 318 g/mol. The van der Waals surface area contributed by atoms with E-state index in [2.05, 4.69) is 6.92 Å². The Labute approximate surface area is 133 Å². The minimum Gasteiger partial charge on any atom is -0.466 e. The number of unbranched alkanes of at least 4 members (excludes halogenated alkanes) is 4. The summed E-state index contributed by atoms with van der Waals surface area (Å²) in [6.07, 6.45) is 6.83. The molecule has 1 aliphatic rings. The van der Waals surface area contributed by atoms with Gasteiger partial charge in [-0.1, -0.05) is 32.6 Å². The second-order valence-corrected chi connectivity index (χ2v) is 6.49. The highest BCUT2D eigenvalue weighted by atomic mass is 32.2. The molecule has 0 bridgehead atoms. The SMILES string of the molecule is CCCCCCCSCC(CC1OCCO1)C(=O)OCC. The molecular weight excluding hydrogens is 288 g/mol. The lowest BCUT2D eigenvalue weighted by Gasteiger charge is -2.18. The first kappa shape index (κ1) is 18.8. The maximum Gasteiger partial charge on any atom is 0.309 e. The van der Waals surface area contributed by atoms with Gasteiger partial charge in [-0.15, -0.1) is 0 Å². The third kappa shape index (κ3) is 8.69. The summed E-state index contributed by atoms with van der Waals surface area (Å²) in [7, 11) is 0. The molecular formula is C16H30O4S. The topological polar surface area (TPSA) is 44.8 Å². The van der Waals surface area contributed by atoms with Crippen molar-refractivity contribution < 1.29 is 19.0 Å². The summed E-state index contributed by atoms with van der Waals surface area (Å²) < 4.78 is 16.0. The lowest BCUT2D eigenvalue weighted by molar-refractivity contribution is -0.150. The monoisotopic (exact) mass is 318 g/mol. The van der Waals surface area contributed by atoms with Crippen LogP contribution in [-0.4, -0.2) is 43.6 Å². The van der Waals surface area contributed by atoms with Gasteiger partial charge in [0.2, 0.25) is 0 Å². The van der Waals surface area contributed by atoms with Crippen molar-refractivity contribution in [3.8, 4) is 0 Å². The maximum absolute atomic E-state index is 12.0. The Kier molecular flexibility index (Phi) is 11.0. The molecule has 1 heterocycles. The van der Waals surface area contributed by atoms with Gasteiger partial charge in [0.25, 0.3) is 0 Å². The zero-order valence-electron chi connectivity index (χ0n) is 13.5. The largest absolute Gasteiger partial charge is 0.466 e. The highest BCUT2D eigenvalue weighted by Crippen LogP contribution is 2.21. The van der Waals surface area contributed by atoms with Crippen LogP contribution in [0.4, 0.5) is 0 Å². The van der Waals surface area contributed by atoms with Crippen molar-refractivity contribution in [2.45, 2.75) is 58.7 Å². The fourth-order valence-electron chi connectivity index (χ4n) is 2.30. The van der Waals surface area contributed by atoms with Gasteiger partial charge >= 0.3 is 5.97 Å². The molecule has 0 radical (unpaired) electrons. The van der Waals surface area contributed by atoms with E-state index >= 15 is 0 Å². The molecule has 1 rings (SSSR count). The molecule has 21 heavy (non-hydrogen) atoms. The van der Waals surface area contributed by atoms with Gasteiger partial charge in [-0.25, -0.2) is 0 Å². The number of carbonyl (C=O) groups is 1. The molecule has 0 N–H and O–H groups in total. The van der Waals surface area contributed by atoms with E-state index in [1.807, 2.05) is 18.7 Å². The second kappa shape index (κ2) is 12.3. The van der Waals surface area contributed by atoms with Crippen LogP contribution in [0.25, 0.3) is 0 Å². The van der Waals surface area contributed by atoms with Gasteiger partial charge in [0.1, 0.15) is 0 Å². The van der Waals surface area contributed by atoms with Crippen molar-refractivity contribution in [1.29, 1.82) is 0 Å². The molecule has 0 saturated carbocycles. The van der Waals surface area contributed by atoms with E-state index in [0.29, 0.717) is 26.2 Å². The lowest BCUT2D eigenvalue weighted by Crippen LogP contribution is -2.25. The summed E-state index contributed by atoms with van der Waals surface area (Å²) >= 11 is 1.85. The quantitative estimate of drug-likeness (QED) is 0.406. The minimum absolute atomic E-state index is 0.116. The molecule has 1 saturated heterocycles. The molecule has 0 aromatic rings. The molecule has 124 valence electrons. The third-order valence-electron chi connectivity index (χ3n) is 3.50. The Hall–Kier alpha value is -0.260. The standard InChI is InChI=1S/C16H30O4S/c1-3-5-6-7-8-11-21-13-14(16(17)18-4-2)12-15-19-9-10-20-15/h14-15H,3-13H2,1-2H3. The van der Waals surface area contributed by atoms with Crippen molar-refractivity contribution in [3.63, 3.8) is 0 Å². The van der Waals surface area contributed by atoms with Crippen LogP contribution in [0.3, 0.4) is 0 Å². The Morgan fingerprint density at radius 1 is 1.19 bits per heavy atom. The summed E-state index contributed by atoms with van der Waals surface area (Å²) in [4.78, 5) is 12.0. The average Bonchev–Trinajstić information content (AvgIpc) is 2.98. The number of hydrogen-bond donors (Lipinski definition) is 0. The number of rotatable bonds is 12. The number of esters is 1. The second-order valence-electron chi connectivity index (χ2n) is 5.34. The number of ether oxygens (including phenoxy) is 3. The predicted molar refractivity (Wildman–Crippen MR) is 86.5 cm³/mol. The molecule has 1 unspecified atom stereocenters. The van der Waals surface area contributed by atoms with E-state index in [1.165, 1.54) is 32.1 Å². The van der Waals surface area contributed by atoms with Gasteiger partial charge in [-0.2, -0.15) is 11.8 Å². The normalized spacial score (nSPS) is 17.0. The van der Waals surface area contributed by atoms with E-state index < -0.39 is 0 Å². The van der Waals surface area contributed by atoms with Gasteiger partial charge < -0.3 is 14.2 Å². The molecule has 0 aromatic carbocycles. The summed E-state index contributed by atoms with van der Waals surface area (Å²) in [6, 6.07) is 0. The Morgan fingerprint density at radius 3 is 2.57 bits per heavy atom. The molecule has 5 heteroatoms. The van der Waals surface area contributed by atoms with Gasteiger partial charge in [-0.3, -0.25) is 4.79 Å². The lowest BCUT2D eigenvalue weighted by atomic mass is 10.1. The van der Waals surface area contributed by atoms with Crippen molar-refractivity contribution in [1.82, 2.24) is 0 Å². The number of thioether (sulfide) groups is 1. The fraction of sp³-hybridized carbons (Fsp3) is 0.938. The van der Waals surface area contributed by atoms with Crippen LogP contribution in [0.5, 0.6) is 0 Å². The van der Waals surface area contributed by atoms with Gasteiger partial charge in [-0.05, 0) is 19.1 Å². The van der Waals surface area contributed by atoms with Crippen LogP contribution in [0.2, 0.25) is 0 Å². The molecule has 1 atom stereocenters. The van der Waals surface area contributed by atoms with Crippen LogP contribution in [-0.2, 0) is 19.0 Å². The number of hydrogen-bond acceptors (Lipinski definition) is 5. The molecule has 0 spiro atoms. The zero-order valence-corrected chi connectivity index (χ0v) is 14.3. The van der Waals surface area contributed by atoms with E-state index in [-0.39, 0.29) is 18.2 Å². The number of carbonyl (C=O) groups excluding carboxylic acids is 1. The summed E-state index contributed by atoms with van der Waals surface area (Å²) in [6.45, 7) is 5.77. The highest BCUT2D eigenvalue weighted by Gasteiger charge is 2.27. The van der Waals surface area contributed by atoms with Crippen molar-refractivity contribution in [2.24, 2.45) is 5.92 Å². The smallest absolute Gasteiger partial charge is 0.309 e. The van der Waals surface area contributed by atoms with Gasteiger partial charge in [0.15, 0.2) is 6.29 Å². The van der Waals surface area contributed by atoms with Crippen molar-refractivity contribution >= 4 is 17.7 Å². The Bertz CT molecular complexity index is 267. The van der Waals surface area contributed by atoms with Crippen molar-refractivity contribution in [3.05, 3.63) is 0 Å². The molecule has 0 aromatic heterocycles. The summed E-state index contributed by atoms with van der Waals surface area (Å²) in [5, 5.41) is 0. The van der Waals surface area contributed by atoms with Gasteiger partial charge in [0.05, 0.1) is 25.7 Å². The molecule has 1 aliphatic heterocycles. The van der Waals surface area contributed by atoms with Crippen LogP contribution < -0.4 is 0 Å². The summed E-state index contributed by atoms with van der Waals surface area (Å²) in [5.74, 6) is 1.69. The van der Waals surface area contributed by atoms with E-state index in [4.69, 9.17) is 14.2 Å². The Balaban J connectivity index is 2.19. The van der Waals surface area contributed by atoms with Crippen LogP contribution in [0.15, 0.2) is 0 Å². The first-order chi connectivity index (χ1) is 10.3. The third-order valence-corrected chi connectivity index (χ3v) is 4.71. The van der Waals surface area contributed by atoms with E-state index in [1.54, 1.807) is 0 Å². The molecule has 1 fully saturated rings. The van der Waals surface area contributed by atoms with E-state index in [0.717, 1.165) is 11.5 Å². The fourth-order valence-corrected chi connectivity index (χ4v) is 3.43.